The molecule has 1 atom stereocenters. The summed E-state index contributed by atoms with van der Waals surface area (Å²) in [4.78, 5) is 18.0. The van der Waals surface area contributed by atoms with Gasteiger partial charge in [0.25, 0.3) is 0 Å². The van der Waals surface area contributed by atoms with Gasteiger partial charge < -0.3 is 30.2 Å². The Balaban J connectivity index is 1.56. The Morgan fingerprint density at radius 3 is 2.76 bits per heavy atom. The van der Waals surface area contributed by atoms with Gasteiger partial charge >= 0.3 is 6.09 Å². The van der Waals surface area contributed by atoms with Crippen molar-refractivity contribution in [1.82, 2.24) is 10.2 Å². The fourth-order valence-corrected chi connectivity index (χ4v) is 3.74. The molecular weight excluding hydrogens is 372 g/mol. The van der Waals surface area contributed by atoms with E-state index >= 15 is 0 Å². The van der Waals surface area contributed by atoms with Crippen LogP contribution in [0.3, 0.4) is 0 Å². The number of piperidine rings is 1. The lowest BCUT2D eigenvalue weighted by atomic mass is 10.1. The highest BCUT2D eigenvalue weighted by Crippen LogP contribution is 2.35. The van der Waals surface area contributed by atoms with Gasteiger partial charge in [0, 0.05) is 36.7 Å². The number of carbonyl (C=O) groups is 1. The largest absolute Gasteiger partial charge is 0.494 e. The third-order valence-corrected chi connectivity index (χ3v) is 5.17. The number of guanidine groups is 1. The van der Waals surface area contributed by atoms with Crippen LogP contribution in [-0.4, -0.2) is 55.4 Å². The first kappa shape index (κ1) is 21.1. The molecule has 3 rings (SSSR count). The van der Waals surface area contributed by atoms with Crippen LogP contribution in [0, 0.1) is 0 Å². The van der Waals surface area contributed by atoms with Crippen LogP contribution in [0.15, 0.2) is 17.1 Å². The number of fused-ring (bicyclic) bond motifs is 1. The van der Waals surface area contributed by atoms with Crippen LogP contribution in [0.2, 0.25) is 0 Å². The van der Waals surface area contributed by atoms with Gasteiger partial charge in [-0.05, 0) is 45.7 Å². The number of likely N-dealkylation sites (tertiary alicyclic amines) is 1. The van der Waals surface area contributed by atoms with Crippen molar-refractivity contribution in [2.75, 3.05) is 26.3 Å². The summed E-state index contributed by atoms with van der Waals surface area (Å²) < 4.78 is 16.7. The number of amides is 1. The monoisotopic (exact) mass is 404 g/mol. The molecule has 3 N–H and O–H groups in total. The van der Waals surface area contributed by atoms with Crippen molar-refractivity contribution in [2.24, 2.45) is 10.7 Å². The van der Waals surface area contributed by atoms with Gasteiger partial charge in [-0.25, -0.2) is 9.79 Å². The minimum atomic E-state index is -0.246. The molecule has 160 valence electrons. The second kappa shape index (κ2) is 9.71. The Morgan fingerprint density at radius 1 is 1.31 bits per heavy atom. The smallest absolute Gasteiger partial charge is 0.409 e. The second-order valence-electron chi connectivity index (χ2n) is 7.44. The van der Waals surface area contributed by atoms with E-state index in [0.717, 1.165) is 36.3 Å². The fraction of sp³-hybridized carbons (Fsp3) is 0.619. The lowest BCUT2D eigenvalue weighted by Crippen LogP contribution is -2.48. The SMILES string of the molecule is CCOC(=O)N1CCC(NC(N)=NCc2cc3c(cc2OCC)CC(C)O3)CC1. The highest BCUT2D eigenvalue weighted by Gasteiger charge is 2.24. The zero-order valence-corrected chi connectivity index (χ0v) is 17.6. The molecule has 0 aliphatic carbocycles. The number of nitrogens with two attached hydrogens (primary N) is 1. The maximum atomic E-state index is 11.8. The zero-order chi connectivity index (χ0) is 20.8. The van der Waals surface area contributed by atoms with Crippen LogP contribution in [0.1, 0.15) is 44.7 Å². The minimum absolute atomic E-state index is 0.186. The van der Waals surface area contributed by atoms with Gasteiger partial charge in [-0.2, -0.15) is 0 Å². The van der Waals surface area contributed by atoms with E-state index in [1.807, 2.05) is 19.9 Å². The van der Waals surface area contributed by atoms with E-state index in [1.165, 1.54) is 5.56 Å². The Hall–Kier alpha value is -2.64. The predicted octanol–water partition coefficient (Wildman–Crippen LogP) is 2.43. The Labute approximate surface area is 172 Å². The van der Waals surface area contributed by atoms with Crippen molar-refractivity contribution in [1.29, 1.82) is 0 Å². The lowest BCUT2D eigenvalue weighted by Gasteiger charge is -2.31. The molecule has 1 aromatic carbocycles. The van der Waals surface area contributed by atoms with Crippen molar-refractivity contribution in [3.8, 4) is 11.5 Å². The highest BCUT2D eigenvalue weighted by molar-refractivity contribution is 5.78. The first-order valence-corrected chi connectivity index (χ1v) is 10.4. The number of ether oxygens (including phenoxy) is 3. The molecule has 0 spiro atoms. The molecule has 1 fully saturated rings. The molecular formula is C21H32N4O4. The summed E-state index contributed by atoms with van der Waals surface area (Å²) in [6, 6.07) is 4.26. The molecule has 8 heteroatoms. The van der Waals surface area contributed by atoms with E-state index in [9.17, 15) is 4.79 Å². The minimum Gasteiger partial charge on any atom is -0.494 e. The van der Waals surface area contributed by atoms with Gasteiger partial charge in [0.1, 0.15) is 17.6 Å². The van der Waals surface area contributed by atoms with Crippen molar-refractivity contribution in [3.05, 3.63) is 23.3 Å². The lowest BCUT2D eigenvalue weighted by molar-refractivity contribution is 0.0963. The second-order valence-corrected chi connectivity index (χ2v) is 7.44. The van der Waals surface area contributed by atoms with Crippen molar-refractivity contribution >= 4 is 12.1 Å². The molecule has 0 radical (unpaired) electrons. The summed E-state index contributed by atoms with van der Waals surface area (Å²) in [7, 11) is 0. The van der Waals surface area contributed by atoms with E-state index < -0.39 is 0 Å². The van der Waals surface area contributed by atoms with Crippen molar-refractivity contribution in [2.45, 2.75) is 58.7 Å². The first-order valence-electron chi connectivity index (χ1n) is 10.4. The van der Waals surface area contributed by atoms with E-state index in [1.54, 1.807) is 4.90 Å². The number of rotatable bonds is 6. The molecule has 1 unspecified atom stereocenters. The summed E-state index contributed by atoms with van der Waals surface area (Å²) in [6.45, 7) is 8.56. The number of benzene rings is 1. The predicted molar refractivity (Wildman–Crippen MR) is 111 cm³/mol. The molecule has 2 aliphatic heterocycles. The van der Waals surface area contributed by atoms with Gasteiger partial charge in [-0.3, -0.25) is 0 Å². The standard InChI is InChI=1S/C21H32N4O4/c1-4-27-18-11-15-10-14(3)29-19(15)12-16(18)13-23-20(22)24-17-6-8-25(9-7-17)21(26)28-5-2/h11-12,14,17H,4-10,13H2,1-3H3,(H3,22,23,24). The maximum absolute atomic E-state index is 11.8. The molecule has 2 heterocycles. The molecule has 8 nitrogen and oxygen atoms in total. The van der Waals surface area contributed by atoms with Gasteiger partial charge in [-0.1, -0.05) is 0 Å². The van der Waals surface area contributed by atoms with Crippen LogP contribution in [0.5, 0.6) is 11.5 Å². The number of carbonyl (C=O) groups excluding carboxylic acids is 1. The van der Waals surface area contributed by atoms with Crippen LogP contribution >= 0.6 is 0 Å². The highest BCUT2D eigenvalue weighted by atomic mass is 16.6. The average Bonchev–Trinajstić information content (AvgIpc) is 3.06. The van der Waals surface area contributed by atoms with E-state index in [-0.39, 0.29) is 18.2 Å². The summed E-state index contributed by atoms with van der Waals surface area (Å²) in [5.74, 6) is 2.14. The van der Waals surface area contributed by atoms with E-state index in [0.29, 0.717) is 38.8 Å². The Bertz CT molecular complexity index is 744. The number of aliphatic imine (C=N–C) groups is 1. The third kappa shape index (κ3) is 5.46. The van der Waals surface area contributed by atoms with Crippen molar-refractivity contribution < 1.29 is 19.0 Å². The first-order chi connectivity index (χ1) is 14.0. The number of nitrogens with one attached hydrogen (secondary N) is 1. The molecule has 1 saturated heterocycles. The molecule has 0 bridgehead atoms. The topological polar surface area (TPSA) is 98.4 Å². The quantitative estimate of drug-likeness (QED) is 0.558. The molecule has 0 saturated carbocycles. The average molecular weight is 405 g/mol. The molecule has 1 aromatic rings. The summed E-state index contributed by atoms with van der Waals surface area (Å²) in [5, 5.41) is 3.27. The van der Waals surface area contributed by atoms with Crippen molar-refractivity contribution in [3.63, 3.8) is 0 Å². The Kier molecular flexibility index (Phi) is 7.06. The number of hydrogen-bond acceptors (Lipinski definition) is 5. The maximum Gasteiger partial charge on any atom is 0.409 e. The summed E-state index contributed by atoms with van der Waals surface area (Å²) in [6.07, 6.45) is 2.45. The summed E-state index contributed by atoms with van der Waals surface area (Å²) >= 11 is 0. The van der Waals surface area contributed by atoms with Gasteiger partial charge in [0.05, 0.1) is 19.8 Å². The van der Waals surface area contributed by atoms with E-state index in [2.05, 4.69) is 23.3 Å². The fourth-order valence-electron chi connectivity index (χ4n) is 3.74. The third-order valence-electron chi connectivity index (χ3n) is 5.17. The van der Waals surface area contributed by atoms with Gasteiger partial charge in [-0.15, -0.1) is 0 Å². The van der Waals surface area contributed by atoms with E-state index in [4.69, 9.17) is 19.9 Å². The van der Waals surface area contributed by atoms with Crippen LogP contribution in [0.4, 0.5) is 4.79 Å². The summed E-state index contributed by atoms with van der Waals surface area (Å²) in [5.41, 5.74) is 8.25. The van der Waals surface area contributed by atoms with Crippen LogP contribution in [0.25, 0.3) is 0 Å². The normalized spacial score (nSPS) is 19.5. The van der Waals surface area contributed by atoms with Gasteiger partial charge in [0.2, 0.25) is 0 Å². The molecule has 1 amide bonds. The number of hydrogen-bond donors (Lipinski definition) is 2. The molecule has 2 aliphatic rings. The van der Waals surface area contributed by atoms with Crippen LogP contribution < -0.4 is 20.5 Å². The van der Waals surface area contributed by atoms with Crippen LogP contribution in [-0.2, 0) is 17.7 Å². The Morgan fingerprint density at radius 2 is 2.07 bits per heavy atom. The molecule has 0 aromatic heterocycles. The zero-order valence-electron chi connectivity index (χ0n) is 17.6. The van der Waals surface area contributed by atoms with Gasteiger partial charge in [0.15, 0.2) is 5.96 Å². The molecule has 29 heavy (non-hydrogen) atoms. The number of nitrogens with zero attached hydrogens (tertiary/aromatic N) is 2.